The number of halogens is 1. The van der Waals surface area contributed by atoms with Crippen molar-refractivity contribution in [3.63, 3.8) is 0 Å². The molecule has 2 aromatic heterocycles. The van der Waals surface area contributed by atoms with Gasteiger partial charge in [0.05, 0.1) is 5.69 Å². The fourth-order valence-corrected chi connectivity index (χ4v) is 3.33. The van der Waals surface area contributed by atoms with Crippen LogP contribution in [0.4, 0.5) is 5.69 Å². The fraction of sp³-hybridized carbons (Fsp3) is 0.222. The molecule has 0 aliphatic rings. The molecule has 118 valence electrons. The first-order valence-electron chi connectivity index (χ1n) is 7.55. The summed E-state index contributed by atoms with van der Waals surface area (Å²) in [5.74, 6) is -0.121. The molecule has 0 radical (unpaired) electrons. The van der Waals surface area contributed by atoms with Gasteiger partial charge in [-0.2, -0.15) is 0 Å². The Kier molecular flexibility index (Phi) is 4.39. The summed E-state index contributed by atoms with van der Waals surface area (Å²) in [7, 11) is 0. The second kappa shape index (κ2) is 6.31. The van der Waals surface area contributed by atoms with Gasteiger partial charge in [-0.15, -0.1) is 0 Å². The molecule has 0 saturated carbocycles. The molecule has 0 fully saturated rings. The standard InChI is InChI=1S/C18H18IN3O/c1-4-14-16(22-9-5-6-11(2)17(22)20-14)18(23)21-15-8-7-13(19)10-12(15)3/h5-10H,4H2,1-3H3,(H,21,23). The van der Waals surface area contributed by atoms with Crippen molar-refractivity contribution in [3.8, 4) is 0 Å². The summed E-state index contributed by atoms with van der Waals surface area (Å²) in [6.07, 6.45) is 2.61. The van der Waals surface area contributed by atoms with Crippen molar-refractivity contribution >= 4 is 39.8 Å². The average molecular weight is 419 g/mol. The van der Waals surface area contributed by atoms with Gasteiger partial charge < -0.3 is 5.32 Å². The van der Waals surface area contributed by atoms with Gasteiger partial charge in [0.25, 0.3) is 5.91 Å². The highest BCUT2D eigenvalue weighted by Crippen LogP contribution is 2.21. The van der Waals surface area contributed by atoms with Gasteiger partial charge in [0.15, 0.2) is 0 Å². The van der Waals surface area contributed by atoms with Crippen molar-refractivity contribution < 1.29 is 4.79 Å². The number of carbonyl (C=O) groups is 1. The van der Waals surface area contributed by atoms with E-state index in [9.17, 15) is 4.79 Å². The summed E-state index contributed by atoms with van der Waals surface area (Å²) in [6, 6.07) is 9.93. The van der Waals surface area contributed by atoms with Gasteiger partial charge in [-0.05, 0) is 78.3 Å². The van der Waals surface area contributed by atoms with Crippen LogP contribution in [0.1, 0.15) is 34.2 Å². The number of aromatic nitrogens is 2. The zero-order valence-electron chi connectivity index (χ0n) is 13.4. The van der Waals surface area contributed by atoms with Crippen molar-refractivity contribution in [2.45, 2.75) is 27.2 Å². The first-order valence-corrected chi connectivity index (χ1v) is 8.63. The van der Waals surface area contributed by atoms with Gasteiger partial charge in [0.1, 0.15) is 11.3 Å². The van der Waals surface area contributed by atoms with Gasteiger partial charge >= 0.3 is 0 Å². The summed E-state index contributed by atoms with van der Waals surface area (Å²) in [4.78, 5) is 17.5. The van der Waals surface area contributed by atoms with Crippen molar-refractivity contribution in [1.82, 2.24) is 9.38 Å². The largest absolute Gasteiger partial charge is 0.320 e. The van der Waals surface area contributed by atoms with Crippen LogP contribution in [-0.4, -0.2) is 15.3 Å². The van der Waals surface area contributed by atoms with E-state index < -0.39 is 0 Å². The Bertz CT molecular complexity index is 899. The Morgan fingerprint density at radius 2 is 2.04 bits per heavy atom. The van der Waals surface area contributed by atoms with Crippen LogP contribution in [0, 0.1) is 17.4 Å². The molecule has 0 saturated heterocycles. The first-order chi connectivity index (χ1) is 11.0. The van der Waals surface area contributed by atoms with Gasteiger partial charge in [-0.25, -0.2) is 4.98 Å². The van der Waals surface area contributed by atoms with Crippen LogP contribution in [-0.2, 0) is 6.42 Å². The summed E-state index contributed by atoms with van der Waals surface area (Å²) in [6.45, 7) is 6.02. The maximum Gasteiger partial charge on any atom is 0.274 e. The number of imidazole rings is 1. The number of hydrogen-bond donors (Lipinski definition) is 1. The van der Waals surface area contributed by atoms with Crippen molar-refractivity contribution in [3.05, 3.63) is 62.6 Å². The number of carbonyl (C=O) groups excluding carboxylic acids is 1. The summed E-state index contributed by atoms with van der Waals surface area (Å²) in [5, 5.41) is 3.02. The minimum atomic E-state index is -0.121. The SMILES string of the molecule is CCc1nc2c(C)cccn2c1C(=O)Nc1ccc(I)cc1C. The van der Waals surface area contributed by atoms with Gasteiger partial charge in [0.2, 0.25) is 0 Å². The van der Waals surface area contributed by atoms with Gasteiger partial charge in [0, 0.05) is 15.5 Å². The number of rotatable bonds is 3. The highest BCUT2D eigenvalue weighted by Gasteiger charge is 2.19. The second-order valence-corrected chi connectivity index (χ2v) is 6.80. The summed E-state index contributed by atoms with van der Waals surface area (Å²) < 4.78 is 3.03. The number of anilines is 1. The van der Waals surface area contributed by atoms with Crippen molar-refractivity contribution in [1.29, 1.82) is 0 Å². The van der Waals surface area contributed by atoms with Gasteiger partial charge in [-0.1, -0.05) is 13.0 Å². The van der Waals surface area contributed by atoms with E-state index in [4.69, 9.17) is 0 Å². The molecule has 0 unspecified atom stereocenters. The molecule has 3 aromatic rings. The van der Waals surface area contributed by atoms with Crippen LogP contribution in [0.3, 0.4) is 0 Å². The van der Waals surface area contributed by atoms with E-state index in [1.54, 1.807) is 0 Å². The molecule has 0 aliphatic carbocycles. The summed E-state index contributed by atoms with van der Waals surface area (Å²) in [5.41, 5.74) is 5.22. The van der Waals surface area contributed by atoms with E-state index in [1.165, 1.54) is 0 Å². The number of nitrogens with zero attached hydrogens (tertiary/aromatic N) is 2. The van der Waals surface area contributed by atoms with Crippen LogP contribution >= 0.6 is 22.6 Å². The number of benzene rings is 1. The molecule has 1 aromatic carbocycles. The molecule has 5 heteroatoms. The van der Waals surface area contributed by atoms with E-state index in [1.807, 2.05) is 55.6 Å². The third kappa shape index (κ3) is 2.97. The number of fused-ring (bicyclic) bond motifs is 1. The van der Waals surface area contributed by atoms with Crippen LogP contribution in [0.25, 0.3) is 5.65 Å². The highest BCUT2D eigenvalue weighted by molar-refractivity contribution is 14.1. The molecule has 4 nitrogen and oxygen atoms in total. The van der Waals surface area contributed by atoms with E-state index in [0.29, 0.717) is 5.69 Å². The molecule has 1 N–H and O–H groups in total. The molecular formula is C18H18IN3O. The molecule has 0 aliphatic heterocycles. The summed E-state index contributed by atoms with van der Waals surface area (Å²) >= 11 is 2.27. The highest BCUT2D eigenvalue weighted by atomic mass is 127. The second-order valence-electron chi connectivity index (χ2n) is 5.56. The minimum absolute atomic E-state index is 0.121. The maximum absolute atomic E-state index is 12.8. The van der Waals surface area contributed by atoms with Crippen LogP contribution in [0.2, 0.25) is 0 Å². The Labute approximate surface area is 149 Å². The zero-order chi connectivity index (χ0) is 16.6. The molecule has 0 atom stereocenters. The zero-order valence-corrected chi connectivity index (χ0v) is 15.5. The van der Waals surface area contributed by atoms with E-state index in [0.717, 1.165) is 38.1 Å². The normalized spacial score (nSPS) is 11.0. The first kappa shape index (κ1) is 16.0. The molecule has 23 heavy (non-hydrogen) atoms. The van der Waals surface area contributed by atoms with Crippen molar-refractivity contribution in [2.75, 3.05) is 5.32 Å². The quantitative estimate of drug-likeness (QED) is 0.641. The number of pyridine rings is 1. The Hall–Kier alpha value is -1.89. The van der Waals surface area contributed by atoms with E-state index in [-0.39, 0.29) is 5.91 Å². The third-order valence-electron chi connectivity index (χ3n) is 3.90. The topological polar surface area (TPSA) is 46.4 Å². The molecule has 3 rings (SSSR count). The number of amides is 1. The Morgan fingerprint density at radius 3 is 2.74 bits per heavy atom. The lowest BCUT2D eigenvalue weighted by atomic mass is 10.2. The van der Waals surface area contributed by atoms with Crippen LogP contribution < -0.4 is 5.32 Å². The van der Waals surface area contributed by atoms with Crippen molar-refractivity contribution in [2.24, 2.45) is 0 Å². The molecular weight excluding hydrogens is 401 g/mol. The predicted molar refractivity (Wildman–Crippen MR) is 101 cm³/mol. The molecule has 0 bridgehead atoms. The molecule has 1 amide bonds. The van der Waals surface area contributed by atoms with E-state index in [2.05, 4.69) is 39.0 Å². The van der Waals surface area contributed by atoms with Gasteiger partial charge in [-0.3, -0.25) is 9.20 Å². The third-order valence-corrected chi connectivity index (χ3v) is 4.57. The average Bonchev–Trinajstić information content (AvgIpc) is 2.90. The lowest BCUT2D eigenvalue weighted by Crippen LogP contribution is -2.17. The maximum atomic E-state index is 12.8. The predicted octanol–water partition coefficient (Wildman–Crippen LogP) is 4.37. The minimum Gasteiger partial charge on any atom is -0.320 e. The lowest BCUT2D eigenvalue weighted by Gasteiger charge is -2.10. The molecule has 2 heterocycles. The van der Waals surface area contributed by atoms with E-state index >= 15 is 0 Å². The number of hydrogen-bond acceptors (Lipinski definition) is 2. The Morgan fingerprint density at radius 1 is 1.26 bits per heavy atom. The smallest absolute Gasteiger partial charge is 0.274 e. The Balaban J connectivity index is 2.05. The lowest BCUT2D eigenvalue weighted by molar-refractivity contribution is 0.102. The fourth-order valence-electron chi connectivity index (χ4n) is 2.69. The number of nitrogens with one attached hydrogen (secondary N) is 1. The number of aryl methyl sites for hydroxylation is 3. The van der Waals surface area contributed by atoms with Crippen LogP contribution in [0.15, 0.2) is 36.5 Å². The molecule has 0 spiro atoms. The monoisotopic (exact) mass is 419 g/mol. The van der Waals surface area contributed by atoms with Crippen LogP contribution in [0.5, 0.6) is 0 Å².